The number of ether oxygens (including phenoxy) is 5. The van der Waals surface area contributed by atoms with Crippen LogP contribution >= 0.6 is 0 Å². The van der Waals surface area contributed by atoms with Crippen LogP contribution in [0, 0.1) is 20.2 Å². The predicted molar refractivity (Wildman–Crippen MR) is 164 cm³/mol. The minimum atomic E-state index is -1.53. The van der Waals surface area contributed by atoms with Crippen molar-refractivity contribution in [2.24, 2.45) is 0 Å². The second kappa shape index (κ2) is 14.1. The fourth-order valence-electron chi connectivity index (χ4n) is 6.11. The van der Waals surface area contributed by atoms with E-state index in [1.54, 1.807) is 42.5 Å². The maximum Gasteiger partial charge on any atom is 1.00 e. The fourth-order valence-corrected chi connectivity index (χ4v) is 6.11. The number of rotatable bonds is 5. The Labute approximate surface area is 324 Å². The minimum absolute atomic E-state index is 0. The van der Waals surface area contributed by atoms with Crippen molar-refractivity contribution >= 4 is 66.4 Å². The molecule has 15 nitrogen and oxygen atoms in total. The zero-order chi connectivity index (χ0) is 33.9. The first kappa shape index (κ1) is 36.4. The van der Waals surface area contributed by atoms with Gasteiger partial charge in [0.2, 0.25) is 13.6 Å². The molecule has 0 N–H and O–H groups in total. The number of carbonyl (C=O) groups excluding carboxylic acids is 2. The van der Waals surface area contributed by atoms with E-state index in [4.69, 9.17) is 23.7 Å². The third-order valence-electron chi connectivity index (χ3n) is 8.03. The number of carboxylic acid groups (broad SMARTS) is 2. The van der Waals surface area contributed by atoms with Gasteiger partial charge < -0.3 is 43.5 Å². The normalized spacial score (nSPS) is 12.1. The number of hydrogen-bond acceptors (Lipinski definition) is 13. The number of hydrogen-bond donors (Lipinski definition) is 0. The number of benzene rings is 6. The first-order valence-electron chi connectivity index (χ1n) is 14.0. The molecule has 0 bridgehead atoms. The van der Waals surface area contributed by atoms with Crippen LogP contribution in [0.25, 0.3) is 43.1 Å². The van der Waals surface area contributed by atoms with Crippen molar-refractivity contribution in [3.63, 3.8) is 0 Å². The van der Waals surface area contributed by atoms with Crippen molar-refractivity contribution in [3.05, 3.63) is 98.1 Å². The van der Waals surface area contributed by atoms with E-state index in [-0.39, 0.29) is 129 Å². The molecule has 0 aromatic heterocycles. The van der Waals surface area contributed by atoms with Crippen molar-refractivity contribution in [1.82, 2.24) is 0 Å². The number of carbonyl (C=O) groups is 2. The molecule has 50 heavy (non-hydrogen) atoms. The molecule has 0 unspecified atom stereocenters. The molecule has 0 saturated carbocycles. The number of aromatic carboxylic acids is 2. The molecule has 0 amide bonds. The summed E-state index contributed by atoms with van der Waals surface area (Å²) in [5, 5.41) is 49.0. The van der Waals surface area contributed by atoms with Gasteiger partial charge in [-0.25, -0.2) is 0 Å². The minimum Gasteiger partial charge on any atom is -0.545 e. The van der Waals surface area contributed by atoms with Gasteiger partial charge >= 0.3 is 59.1 Å². The third kappa shape index (κ3) is 5.87. The molecule has 240 valence electrons. The van der Waals surface area contributed by atoms with Crippen LogP contribution in [0.15, 0.2) is 66.7 Å². The Morgan fingerprint density at radius 3 is 1.66 bits per heavy atom. The standard InChI is InChI=1S/C17H11NO7.C16H9NO6.2Na/c1-23-12-4-2-3-8-9(12)5-11(18(21)22)14-10(17(19)20)6-13-16(15(8)14)25-7-24-13;18-16(19)10-6-12-15(23-7-22-12)14-9-4-2-1-3-8(9)5-11(13(10)14)17(20)21;;/h2-6H,7H2,1H3,(H,19,20);1-6H,7H2,(H,18,19);;/q;;2*+1/p-2. The SMILES string of the molecule is COc1cccc2c1cc([N+](=O)[O-])c1c(C(=O)[O-])cc3c(c12)OCO3.O=C([O-])c1cc2c(c3c1c([N+](=O)[O-])cc1ccccc13)OCO2.[Na+].[Na+]. The number of fused-ring (bicyclic) bond motifs is 10. The molecule has 2 heterocycles. The third-order valence-corrected chi connectivity index (χ3v) is 8.03. The van der Waals surface area contributed by atoms with Gasteiger partial charge in [0.25, 0.3) is 11.4 Å². The van der Waals surface area contributed by atoms with E-state index in [2.05, 4.69) is 0 Å². The zero-order valence-corrected chi connectivity index (χ0v) is 30.5. The fraction of sp³-hybridized carbons (Fsp3) is 0.0909. The Kier molecular flexibility index (Phi) is 10.3. The van der Waals surface area contributed by atoms with Crippen molar-refractivity contribution in [1.29, 1.82) is 0 Å². The molecule has 0 aliphatic carbocycles. The van der Waals surface area contributed by atoms with E-state index in [1.807, 2.05) is 0 Å². The first-order valence-corrected chi connectivity index (χ1v) is 14.0. The Hall–Kier alpha value is -4.90. The maximum absolute atomic E-state index is 11.6. The second-order valence-electron chi connectivity index (χ2n) is 10.5. The molecule has 0 atom stereocenters. The first-order chi connectivity index (χ1) is 23.1. The average Bonchev–Trinajstić information content (AvgIpc) is 3.76. The topological polar surface area (TPSA) is 213 Å². The monoisotopic (exact) mass is 696 g/mol. The number of nitrogens with zero attached hydrogens (tertiary/aromatic N) is 2. The predicted octanol–water partition coefficient (Wildman–Crippen LogP) is -2.00. The van der Waals surface area contributed by atoms with Gasteiger partial charge in [0.1, 0.15) is 5.75 Å². The number of nitro benzene ring substituents is 2. The number of nitro groups is 2. The van der Waals surface area contributed by atoms with Gasteiger partial charge in [0.15, 0.2) is 23.0 Å². The van der Waals surface area contributed by atoms with E-state index >= 15 is 0 Å². The Morgan fingerprint density at radius 1 is 0.640 bits per heavy atom. The summed E-state index contributed by atoms with van der Waals surface area (Å²) in [6, 6.07) is 17.1. The quantitative estimate of drug-likeness (QED) is 0.0827. The van der Waals surface area contributed by atoms with Crippen LogP contribution in [0.3, 0.4) is 0 Å². The van der Waals surface area contributed by atoms with E-state index in [9.17, 15) is 40.0 Å². The van der Waals surface area contributed by atoms with Crippen LogP contribution in [0.5, 0.6) is 28.7 Å². The van der Waals surface area contributed by atoms with Crippen molar-refractivity contribution < 1.29 is 112 Å². The molecule has 0 radical (unpaired) electrons. The Morgan fingerprint density at radius 2 is 1.14 bits per heavy atom. The average molecular weight is 696 g/mol. The summed E-state index contributed by atoms with van der Waals surface area (Å²) in [5.41, 5.74) is -1.29. The van der Waals surface area contributed by atoms with Crippen LogP contribution in [-0.2, 0) is 0 Å². The van der Waals surface area contributed by atoms with Gasteiger partial charge in [0, 0.05) is 39.4 Å². The van der Waals surface area contributed by atoms with Gasteiger partial charge in [0.05, 0.1) is 39.7 Å². The number of methoxy groups -OCH3 is 1. The van der Waals surface area contributed by atoms with Gasteiger partial charge in [-0.1, -0.05) is 36.4 Å². The van der Waals surface area contributed by atoms with E-state index in [1.165, 1.54) is 31.4 Å². The van der Waals surface area contributed by atoms with E-state index in [0.717, 1.165) is 0 Å². The molecule has 2 aliphatic heterocycles. The molecule has 6 aromatic carbocycles. The summed E-state index contributed by atoms with van der Waals surface area (Å²) < 4.78 is 26.7. The van der Waals surface area contributed by atoms with Crippen LogP contribution in [-0.4, -0.2) is 42.5 Å². The summed E-state index contributed by atoms with van der Waals surface area (Å²) in [7, 11) is 1.45. The van der Waals surface area contributed by atoms with Crippen LogP contribution in [0.2, 0.25) is 0 Å². The molecule has 17 heteroatoms. The molecule has 0 saturated heterocycles. The molecule has 0 fully saturated rings. The van der Waals surface area contributed by atoms with Crippen molar-refractivity contribution in [3.8, 4) is 28.7 Å². The van der Waals surface area contributed by atoms with Crippen LogP contribution < -0.4 is 93.0 Å². The summed E-state index contributed by atoms with van der Waals surface area (Å²) in [6.45, 7) is -0.174. The van der Waals surface area contributed by atoms with Gasteiger partial charge in [-0.2, -0.15) is 0 Å². The molecule has 0 spiro atoms. The molecule has 6 aromatic rings. The number of non-ortho nitro benzene ring substituents is 2. The summed E-state index contributed by atoms with van der Waals surface area (Å²) in [4.78, 5) is 44.9. The Balaban J connectivity index is 0.000000187. The molecular formula is C33H18N2Na2O13. The van der Waals surface area contributed by atoms with E-state index < -0.39 is 21.8 Å². The summed E-state index contributed by atoms with van der Waals surface area (Å²) >= 11 is 0. The van der Waals surface area contributed by atoms with E-state index in [0.29, 0.717) is 38.4 Å². The van der Waals surface area contributed by atoms with Crippen molar-refractivity contribution in [2.45, 2.75) is 0 Å². The smallest absolute Gasteiger partial charge is 0.545 e. The second-order valence-corrected chi connectivity index (χ2v) is 10.5. The number of carboxylic acids is 2. The van der Waals surface area contributed by atoms with Gasteiger partial charge in [-0.3, -0.25) is 20.2 Å². The van der Waals surface area contributed by atoms with Crippen molar-refractivity contribution in [2.75, 3.05) is 20.7 Å². The zero-order valence-electron chi connectivity index (χ0n) is 26.5. The largest absolute Gasteiger partial charge is 1.00 e. The van der Waals surface area contributed by atoms with Gasteiger partial charge in [-0.05, 0) is 34.4 Å². The van der Waals surface area contributed by atoms with Gasteiger partial charge in [-0.15, -0.1) is 0 Å². The summed E-state index contributed by atoms with van der Waals surface area (Å²) in [5.74, 6) is -1.60. The molecule has 8 rings (SSSR count). The summed E-state index contributed by atoms with van der Waals surface area (Å²) in [6.07, 6.45) is 0. The molecule has 2 aliphatic rings. The maximum atomic E-state index is 11.6. The Bertz CT molecular complexity index is 2430. The van der Waals surface area contributed by atoms with Crippen LogP contribution in [0.4, 0.5) is 11.4 Å². The molecular weight excluding hydrogens is 678 g/mol. The van der Waals surface area contributed by atoms with Crippen LogP contribution in [0.1, 0.15) is 20.7 Å².